The van der Waals surface area contributed by atoms with Crippen molar-refractivity contribution in [2.75, 3.05) is 0 Å². The Balaban J connectivity index is 2.10. The summed E-state index contributed by atoms with van der Waals surface area (Å²) in [5.74, 6) is -1.76. The minimum absolute atomic E-state index is 0.241. The molecule has 0 radical (unpaired) electrons. The SMILES string of the molecule is O=C(O)c1cc(-c2cc3cc(F)ccc3[nH]2)no1. The van der Waals surface area contributed by atoms with Crippen molar-refractivity contribution < 1.29 is 18.8 Å². The van der Waals surface area contributed by atoms with Crippen LogP contribution in [-0.4, -0.2) is 21.2 Å². The molecule has 3 aromatic rings. The maximum atomic E-state index is 13.0. The molecule has 90 valence electrons. The molecule has 2 aromatic heterocycles. The molecule has 3 rings (SSSR count). The first-order chi connectivity index (χ1) is 8.63. The highest BCUT2D eigenvalue weighted by Gasteiger charge is 2.13. The van der Waals surface area contributed by atoms with Gasteiger partial charge in [0.15, 0.2) is 0 Å². The molecule has 0 atom stereocenters. The molecule has 1 aromatic carbocycles. The lowest BCUT2D eigenvalue weighted by Gasteiger charge is -1.88. The second-order valence-corrected chi connectivity index (χ2v) is 3.80. The Hall–Kier alpha value is -2.63. The zero-order valence-corrected chi connectivity index (χ0v) is 8.98. The number of hydrogen-bond donors (Lipinski definition) is 2. The topological polar surface area (TPSA) is 79.1 Å². The number of aromatic nitrogens is 2. The molecular formula is C12H7FN2O3. The fourth-order valence-corrected chi connectivity index (χ4v) is 1.74. The van der Waals surface area contributed by atoms with Crippen LogP contribution in [0.4, 0.5) is 4.39 Å². The Bertz CT molecular complexity index is 745. The van der Waals surface area contributed by atoms with Crippen LogP contribution < -0.4 is 0 Å². The van der Waals surface area contributed by atoms with Gasteiger partial charge in [-0.25, -0.2) is 9.18 Å². The number of hydrogen-bond acceptors (Lipinski definition) is 3. The number of aromatic carboxylic acids is 1. The van der Waals surface area contributed by atoms with E-state index >= 15 is 0 Å². The number of halogens is 1. The van der Waals surface area contributed by atoms with E-state index in [0.717, 1.165) is 5.52 Å². The van der Waals surface area contributed by atoms with Crippen LogP contribution >= 0.6 is 0 Å². The first kappa shape index (κ1) is 10.5. The van der Waals surface area contributed by atoms with E-state index in [1.165, 1.54) is 18.2 Å². The molecule has 0 spiro atoms. The summed E-state index contributed by atoms with van der Waals surface area (Å²) >= 11 is 0. The average Bonchev–Trinajstić information content (AvgIpc) is 2.93. The Morgan fingerprint density at radius 3 is 2.89 bits per heavy atom. The van der Waals surface area contributed by atoms with Gasteiger partial charge < -0.3 is 14.6 Å². The molecule has 18 heavy (non-hydrogen) atoms. The third-order valence-electron chi connectivity index (χ3n) is 2.58. The number of carboxylic acid groups (broad SMARTS) is 1. The molecule has 0 aliphatic heterocycles. The number of fused-ring (bicyclic) bond motifs is 1. The lowest BCUT2D eigenvalue weighted by Crippen LogP contribution is -1.91. The van der Waals surface area contributed by atoms with Crippen LogP contribution in [0.2, 0.25) is 0 Å². The van der Waals surface area contributed by atoms with Gasteiger partial charge in [0, 0.05) is 17.0 Å². The van der Waals surface area contributed by atoms with E-state index in [9.17, 15) is 9.18 Å². The highest BCUT2D eigenvalue weighted by Crippen LogP contribution is 2.24. The molecule has 2 heterocycles. The number of carbonyl (C=O) groups is 1. The van der Waals surface area contributed by atoms with Gasteiger partial charge in [-0.1, -0.05) is 5.16 Å². The van der Waals surface area contributed by atoms with Crippen molar-refractivity contribution in [1.82, 2.24) is 10.1 Å². The molecule has 5 nitrogen and oxygen atoms in total. The average molecular weight is 246 g/mol. The van der Waals surface area contributed by atoms with Crippen LogP contribution in [0.15, 0.2) is 34.9 Å². The summed E-state index contributed by atoms with van der Waals surface area (Å²) in [5, 5.41) is 13.1. The summed E-state index contributed by atoms with van der Waals surface area (Å²) in [7, 11) is 0. The van der Waals surface area contributed by atoms with Gasteiger partial charge in [0.2, 0.25) is 5.76 Å². The van der Waals surface area contributed by atoms with Crippen molar-refractivity contribution in [2.45, 2.75) is 0 Å². The van der Waals surface area contributed by atoms with Crippen LogP contribution in [-0.2, 0) is 0 Å². The summed E-state index contributed by atoms with van der Waals surface area (Å²) in [6, 6.07) is 7.32. The van der Waals surface area contributed by atoms with Crippen molar-refractivity contribution >= 4 is 16.9 Å². The number of H-pyrrole nitrogens is 1. The zero-order chi connectivity index (χ0) is 12.7. The number of nitrogens with zero attached hydrogens (tertiary/aromatic N) is 1. The zero-order valence-electron chi connectivity index (χ0n) is 8.98. The normalized spacial score (nSPS) is 10.9. The summed E-state index contributed by atoms with van der Waals surface area (Å²) in [5.41, 5.74) is 1.68. The fourth-order valence-electron chi connectivity index (χ4n) is 1.74. The Morgan fingerprint density at radius 1 is 1.33 bits per heavy atom. The lowest BCUT2D eigenvalue weighted by atomic mass is 10.2. The van der Waals surface area contributed by atoms with Gasteiger partial charge in [-0.05, 0) is 24.3 Å². The number of benzene rings is 1. The minimum atomic E-state index is -1.18. The molecule has 0 unspecified atom stereocenters. The van der Waals surface area contributed by atoms with Gasteiger partial charge in [0.1, 0.15) is 11.5 Å². The highest BCUT2D eigenvalue weighted by atomic mass is 19.1. The van der Waals surface area contributed by atoms with Gasteiger partial charge in [0.05, 0.1) is 5.69 Å². The predicted octanol–water partition coefficient (Wildman–Crippen LogP) is 2.66. The van der Waals surface area contributed by atoms with Crippen LogP contribution in [0.1, 0.15) is 10.6 Å². The Kier molecular flexibility index (Phi) is 2.16. The van der Waals surface area contributed by atoms with Crippen molar-refractivity contribution in [3.05, 3.63) is 41.9 Å². The largest absolute Gasteiger partial charge is 0.475 e. The smallest absolute Gasteiger partial charge is 0.374 e. The summed E-state index contributed by atoms with van der Waals surface area (Å²) in [4.78, 5) is 13.7. The summed E-state index contributed by atoms with van der Waals surface area (Å²) < 4.78 is 17.7. The van der Waals surface area contributed by atoms with Gasteiger partial charge in [0.25, 0.3) is 0 Å². The standard InChI is InChI=1S/C12H7FN2O3/c13-7-1-2-8-6(3-7)4-9(14-8)10-5-11(12(16)17)18-15-10/h1-5,14H,(H,16,17). The summed E-state index contributed by atoms with van der Waals surface area (Å²) in [6.45, 7) is 0. The summed E-state index contributed by atoms with van der Waals surface area (Å²) in [6.07, 6.45) is 0. The van der Waals surface area contributed by atoms with Crippen LogP contribution in [0, 0.1) is 5.82 Å². The molecule has 2 N–H and O–H groups in total. The number of rotatable bonds is 2. The first-order valence-electron chi connectivity index (χ1n) is 5.12. The van der Waals surface area contributed by atoms with Crippen molar-refractivity contribution in [2.24, 2.45) is 0 Å². The van der Waals surface area contributed by atoms with Crippen molar-refractivity contribution in [3.8, 4) is 11.4 Å². The maximum absolute atomic E-state index is 13.0. The van der Waals surface area contributed by atoms with E-state index in [-0.39, 0.29) is 11.6 Å². The van der Waals surface area contributed by atoms with E-state index < -0.39 is 5.97 Å². The van der Waals surface area contributed by atoms with E-state index in [1.807, 2.05) is 0 Å². The molecule has 0 aliphatic rings. The molecule has 0 amide bonds. The van der Waals surface area contributed by atoms with Gasteiger partial charge in [-0.2, -0.15) is 0 Å². The van der Waals surface area contributed by atoms with Gasteiger partial charge in [-0.15, -0.1) is 0 Å². The Morgan fingerprint density at radius 2 is 2.17 bits per heavy atom. The predicted molar refractivity (Wildman–Crippen MR) is 60.7 cm³/mol. The van der Waals surface area contributed by atoms with E-state index in [1.54, 1.807) is 12.1 Å². The molecular weight excluding hydrogens is 239 g/mol. The lowest BCUT2D eigenvalue weighted by molar-refractivity contribution is 0.0652. The van der Waals surface area contributed by atoms with E-state index in [0.29, 0.717) is 16.8 Å². The van der Waals surface area contributed by atoms with Gasteiger partial charge >= 0.3 is 5.97 Å². The minimum Gasteiger partial charge on any atom is -0.475 e. The third-order valence-corrected chi connectivity index (χ3v) is 2.58. The quantitative estimate of drug-likeness (QED) is 0.728. The third kappa shape index (κ3) is 1.64. The number of aromatic amines is 1. The van der Waals surface area contributed by atoms with Crippen LogP contribution in [0.5, 0.6) is 0 Å². The molecule has 0 saturated carbocycles. The van der Waals surface area contributed by atoms with Crippen molar-refractivity contribution in [3.63, 3.8) is 0 Å². The van der Waals surface area contributed by atoms with Crippen LogP contribution in [0.3, 0.4) is 0 Å². The Labute approximate surface area is 99.8 Å². The second-order valence-electron chi connectivity index (χ2n) is 3.80. The number of carboxylic acids is 1. The second kappa shape index (κ2) is 3.69. The van der Waals surface area contributed by atoms with Crippen LogP contribution in [0.25, 0.3) is 22.3 Å². The maximum Gasteiger partial charge on any atom is 0.374 e. The van der Waals surface area contributed by atoms with E-state index in [2.05, 4.69) is 14.7 Å². The van der Waals surface area contributed by atoms with E-state index in [4.69, 9.17) is 5.11 Å². The number of nitrogens with one attached hydrogen (secondary N) is 1. The fraction of sp³-hybridized carbons (Fsp3) is 0. The molecule has 0 bridgehead atoms. The molecule has 0 saturated heterocycles. The molecule has 6 heteroatoms. The monoisotopic (exact) mass is 246 g/mol. The van der Waals surface area contributed by atoms with Crippen molar-refractivity contribution in [1.29, 1.82) is 0 Å². The molecule has 0 fully saturated rings. The van der Waals surface area contributed by atoms with Gasteiger partial charge in [-0.3, -0.25) is 0 Å². The first-order valence-corrected chi connectivity index (χ1v) is 5.12. The molecule has 0 aliphatic carbocycles. The highest BCUT2D eigenvalue weighted by molar-refractivity contribution is 5.88.